The number of nitrogens with two attached hydrogens (primary N) is 1. The number of hydrogen-bond acceptors (Lipinski definition) is 3. The van der Waals surface area contributed by atoms with Crippen molar-refractivity contribution in [3.05, 3.63) is 53.2 Å². The van der Waals surface area contributed by atoms with E-state index in [1.165, 1.54) is 15.0 Å². The predicted octanol–water partition coefficient (Wildman–Crippen LogP) is 3.92. The highest BCUT2D eigenvalue weighted by Gasteiger charge is 2.13. The quantitative estimate of drug-likeness (QED) is 0.789. The van der Waals surface area contributed by atoms with Crippen LogP contribution < -0.4 is 5.73 Å². The fourth-order valence-corrected chi connectivity index (χ4v) is 3.35. The van der Waals surface area contributed by atoms with Crippen molar-refractivity contribution in [3.63, 3.8) is 0 Å². The predicted molar refractivity (Wildman–Crippen MR) is 85.1 cm³/mol. The summed E-state index contributed by atoms with van der Waals surface area (Å²) in [7, 11) is 0. The summed E-state index contributed by atoms with van der Waals surface area (Å²) < 4.78 is 3.28. The van der Waals surface area contributed by atoms with Gasteiger partial charge in [-0.3, -0.25) is 4.68 Å². The maximum absolute atomic E-state index is 6.34. The summed E-state index contributed by atoms with van der Waals surface area (Å²) in [4.78, 5) is 1.23. The largest absolute Gasteiger partial charge is 0.323 e. The van der Waals surface area contributed by atoms with Crippen LogP contribution in [0.3, 0.4) is 0 Å². The molecule has 3 nitrogen and oxygen atoms in total. The second kappa shape index (κ2) is 5.38. The Morgan fingerprint density at radius 2 is 2.05 bits per heavy atom. The van der Waals surface area contributed by atoms with E-state index in [2.05, 4.69) is 55.3 Å². The lowest BCUT2D eigenvalue weighted by atomic mass is 10.1. The molecule has 2 aromatic heterocycles. The summed E-state index contributed by atoms with van der Waals surface area (Å²) in [5.41, 5.74) is 7.40. The van der Waals surface area contributed by atoms with Gasteiger partial charge in [0.1, 0.15) is 0 Å². The molecule has 3 rings (SSSR count). The lowest BCUT2D eigenvalue weighted by Gasteiger charge is -2.07. The van der Waals surface area contributed by atoms with E-state index in [0.29, 0.717) is 6.04 Å². The second-order valence-electron chi connectivity index (χ2n) is 5.38. The van der Waals surface area contributed by atoms with Gasteiger partial charge in [-0.15, -0.1) is 11.3 Å². The van der Waals surface area contributed by atoms with Crippen LogP contribution in [0, 0.1) is 0 Å². The summed E-state index contributed by atoms with van der Waals surface area (Å²) in [5, 5.41) is 5.84. The van der Waals surface area contributed by atoms with Crippen LogP contribution in [0.5, 0.6) is 0 Å². The minimum atomic E-state index is 0.0166. The molecule has 104 valence electrons. The van der Waals surface area contributed by atoms with E-state index >= 15 is 0 Å². The lowest BCUT2D eigenvalue weighted by Crippen LogP contribution is -2.12. The maximum atomic E-state index is 6.34. The molecule has 0 aliphatic heterocycles. The Balaban J connectivity index is 1.79. The Bertz CT molecular complexity index is 678. The zero-order valence-corrected chi connectivity index (χ0v) is 12.6. The molecule has 0 aliphatic carbocycles. The second-order valence-corrected chi connectivity index (χ2v) is 6.49. The normalized spacial score (nSPS) is 13.2. The van der Waals surface area contributed by atoms with Crippen molar-refractivity contribution >= 4 is 21.4 Å². The molecular formula is C16H19N3S. The summed E-state index contributed by atoms with van der Waals surface area (Å²) in [5.74, 6) is 0. The molecule has 4 heteroatoms. The minimum Gasteiger partial charge on any atom is -0.323 e. The Kier molecular flexibility index (Phi) is 3.59. The third-order valence-corrected chi connectivity index (χ3v) is 4.68. The van der Waals surface area contributed by atoms with Crippen molar-refractivity contribution in [2.75, 3.05) is 0 Å². The molecule has 0 radical (unpaired) electrons. The Morgan fingerprint density at radius 1 is 1.25 bits per heavy atom. The number of aromatic nitrogens is 2. The topological polar surface area (TPSA) is 43.8 Å². The average molecular weight is 285 g/mol. The van der Waals surface area contributed by atoms with Gasteiger partial charge in [0, 0.05) is 34.3 Å². The molecule has 1 aromatic carbocycles. The molecule has 0 saturated heterocycles. The van der Waals surface area contributed by atoms with E-state index in [1.807, 2.05) is 10.9 Å². The van der Waals surface area contributed by atoms with Crippen molar-refractivity contribution in [2.45, 2.75) is 32.4 Å². The van der Waals surface area contributed by atoms with Crippen LogP contribution in [0.1, 0.15) is 36.5 Å². The Labute approximate surface area is 123 Å². The number of benzene rings is 1. The van der Waals surface area contributed by atoms with Crippen LogP contribution in [0.25, 0.3) is 10.1 Å². The summed E-state index contributed by atoms with van der Waals surface area (Å²) in [6.45, 7) is 4.26. The highest BCUT2D eigenvalue weighted by atomic mass is 32.1. The fraction of sp³-hybridized carbons (Fsp3) is 0.312. The first-order valence-corrected chi connectivity index (χ1v) is 7.73. The zero-order chi connectivity index (χ0) is 14.1. The average Bonchev–Trinajstić information content (AvgIpc) is 3.04. The van der Waals surface area contributed by atoms with Crippen molar-refractivity contribution < 1.29 is 0 Å². The van der Waals surface area contributed by atoms with Gasteiger partial charge in [-0.2, -0.15) is 5.10 Å². The van der Waals surface area contributed by atoms with Crippen LogP contribution in [0.15, 0.2) is 42.6 Å². The van der Waals surface area contributed by atoms with Gasteiger partial charge >= 0.3 is 0 Å². The van der Waals surface area contributed by atoms with Crippen LogP contribution in [-0.2, 0) is 6.42 Å². The van der Waals surface area contributed by atoms with E-state index in [0.717, 1.165) is 12.1 Å². The molecular weight excluding hydrogens is 266 g/mol. The minimum absolute atomic E-state index is 0.0166. The van der Waals surface area contributed by atoms with Crippen LogP contribution in [-0.4, -0.2) is 9.78 Å². The van der Waals surface area contributed by atoms with Crippen molar-refractivity contribution in [2.24, 2.45) is 5.73 Å². The van der Waals surface area contributed by atoms with Crippen LogP contribution in [0.2, 0.25) is 0 Å². The lowest BCUT2D eigenvalue weighted by molar-refractivity contribution is 0.523. The number of hydrogen-bond donors (Lipinski definition) is 1. The van der Waals surface area contributed by atoms with Crippen LogP contribution in [0.4, 0.5) is 0 Å². The monoisotopic (exact) mass is 285 g/mol. The molecule has 2 N–H and O–H groups in total. The number of nitrogens with zero attached hydrogens (tertiary/aromatic N) is 2. The smallest absolute Gasteiger partial charge is 0.0643 e. The third kappa shape index (κ3) is 2.62. The van der Waals surface area contributed by atoms with E-state index in [1.54, 1.807) is 11.3 Å². The van der Waals surface area contributed by atoms with Gasteiger partial charge < -0.3 is 5.73 Å². The third-order valence-electron chi connectivity index (χ3n) is 3.43. The molecule has 0 spiro atoms. The maximum Gasteiger partial charge on any atom is 0.0643 e. The van der Waals surface area contributed by atoms with E-state index in [-0.39, 0.29) is 6.04 Å². The highest BCUT2D eigenvalue weighted by Crippen LogP contribution is 2.30. The van der Waals surface area contributed by atoms with E-state index in [4.69, 9.17) is 5.73 Å². The molecule has 0 amide bonds. The standard InChI is InChI=1S/C16H19N3S/c1-11(2)19-8-7-13(18-19)10-14(17)16-9-12-5-3-4-6-15(12)20-16/h3-9,11,14H,10,17H2,1-2H3. The molecule has 20 heavy (non-hydrogen) atoms. The molecule has 3 aromatic rings. The van der Waals surface area contributed by atoms with Gasteiger partial charge in [-0.05, 0) is 37.4 Å². The number of fused-ring (bicyclic) bond motifs is 1. The fourth-order valence-electron chi connectivity index (χ4n) is 2.28. The molecule has 2 heterocycles. The van der Waals surface area contributed by atoms with Gasteiger partial charge in [0.2, 0.25) is 0 Å². The Morgan fingerprint density at radius 3 is 2.75 bits per heavy atom. The molecule has 0 saturated carbocycles. The van der Waals surface area contributed by atoms with Crippen molar-refractivity contribution in [1.82, 2.24) is 9.78 Å². The van der Waals surface area contributed by atoms with E-state index in [9.17, 15) is 0 Å². The summed E-state index contributed by atoms with van der Waals surface area (Å²) in [6.07, 6.45) is 2.81. The molecule has 0 bridgehead atoms. The first-order valence-electron chi connectivity index (χ1n) is 6.91. The first kappa shape index (κ1) is 13.3. The highest BCUT2D eigenvalue weighted by molar-refractivity contribution is 7.19. The number of thiophene rings is 1. The van der Waals surface area contributed by atoms with Crippen LogP contribution >= 0.6 is 11.3 Å². The number of rotatable bonds is 4. The van der Waals surface area contributed by atoms with Gasteiger partial charge in [-0.1, -0.05) is 18.2 Å². The molecule has 1 unspecified atom stereocenters. The zero-order valence-electron chi connectivity index (χ0n) is 11.8. The van der Waals surface area contributed by atoms with E-state index < -0.39 is 0 Å². The Hall–Kier alpha value is -1.65. The molecule has 0 fully saturated rings. The summed E-state index contributed by atoms with van der Waals surface area (Å²) in [6, 6.07) is 13.1. The van der Waals surface area contributed by atoms with Crippen molar-refractivity contribution in [3.8, 4) is 0 Å². The van der Waals surface area contributed by atoms with Gasteiger partial charge in [-0.25, -0.2) is 0 Å². The van der Waals surface area contributed by atoms with Crippen molar-refractivity contribution in [1.29, 1.82) is 0 Å². The summed E-state index contributed by atoms with van der Waals surface area (Å²) >= 11 is 1.78. The van der Waals surface area contributed by atoms with Gasteiger partial charge in [0.15, 0.2) is 0 Å². The molecule has 1 atom stereocenters. The van der Waals surface area contributed by atoms with Gasteiger partial charge in [0.05, 0.1) is 5.69 Å². The first-order chi connectivity index (χ1) is 9.63. The van der Waals surface area contributed by atoms with Gasteiger partial charge in [0.25, 0.3) is 0 Å². The SMILES string of the molecule is CC(C)n1ccc(CC(N)c2cc3ccccc3s2)n1. The molecule has 0 aliphatic rings.